The average Bonchev–Trinajstić information content (AvgIpc) is 3.36. The number of unbranched alkanes of at least 4 members (excludes halogenated alkanes) is 21. The molecule has 0 aromatic heterocycles. The van der Waals surface area contributed by atoms with Crippen LogP contribution in [0, 0.1) is 0 Å². The summed E-state index contributed by atoms with van der Waals surface area (Å²) in [6.45, 7) is 7.52. The fourth-order valence-corrected chi connectivity index (χ4v) is 7.70. The van der Waals surface area contributed by atoms with Crippen LogP contribution in [0.2, 0.25) is 0 Å². The van der Waals surface area contributed by atoms with Crippen molar-refractivity contribution in [2.45, 2.75) is 258 Å². The third kappa shape index (κ3) is 56.9. The van der Waals surface area contributed by atoms with Crippen LogP contribution < -0.4 is 0 Å². The number of hydrogen-bond donors (Lipinski definition) is 0. The fraction of sp³-hybridized carbons (Fsp3) is 0.662. The van der Waals surface area contributed by atoms with Gasteiger partial charge in [-0.15, -0.1) is 0 Å². The predicted octanol–water partition coefficient (Wildman–Crippen LogP) is 20.1. The number of allylic oxidation sites excluding steroid dienone is 20. The molecule has 70 heavy (non-hydrogen) atoms. The van der Waals surface area contributed by atoms with E-state index in [9.17, 15) is 9.59 Å². The molecule has 0 saturated heterocycles. The van der Waals surface area contributed by atoms with Crippen molar-refractivity contribution in [3.8, 4) is 0 Å². The van der Waals surface area contributed by atoms with Crippen molar-refractivity contribution in [3.05, 3.63) is 122 Å². The van der Waals surface area contributed by atoms with Gasteiger partial charge in [-0.2, -0.15) is 0 Å². The van der Waals surface area contributed by atoms with E-state index in [1.54, 1.807) is 0 Å². The van der Waals surface area contributed by atoms with Crippen LogP contribution in [0.5, 0.6) is 0 Å². The van der Waals surface area contributed by atoms with E-state index < -0.39 is 6.10 Å². The van der Waals surface area contributed by atoms with Gasteiger partial charge in [0.15, 0.2) is 6.10 Å². The summed E-state index contributed by atoms with van der Waals surface area (Å²) in [5.41, 5.74) is 0. The molecule has 5 nitrogen and oxygen atoms in total. The van der Waals surface area contributed by atoms with Crippen molar-refractivity contribution in [3.63, 3.8) is 0 Å². The Kier molecular flexibility index (Phi) is 56.5. The second-order valence-corrected chi connectivity index (χ2v) is 18.8. The molecule has 0 bridgehead atoms. The largest absolute Gasteiger partial charge is 0.462 e. The maximum atomic E-state index is 12.9. The van der Waals surface area contributed by atoms with Crippen molar-refractivity contribution < 1.29 is 23.8 Å². The van der Waals surface area contributed by atoms with Gasteiger partial charge in [-0.3, -0.25) is 9.59 Å². The summed E-state index contributed by atoms with van der Waals surface area (Å²) >= 11 is 0. The van der Waals surface area contributed by atoms with Gasteiger partial charge in [0, 0.05) is 19.4 Å². The molecule has 1 unspecified atom stereocenters. The third-order valence-corrected chi connectivity index (χ3v) is 12.0. The van der Waals surface area contributed by atoms with E-state index >= 15 is 0 Å². The van der Waals surface area contributed by atoms with Crippen LogP contribution >= 0.6 is 0 Å². The molecular weight excluding hydrogens is 861 g/mol. The van der Waals surface area contributed by atoms with Crippen LogP contribution in [-0.4, -0.2) is 37.9 Å². The molecule has 0 fully saturated rings. The summed E-state index contributed by atoms with van der Waals surface area (Å²) in [7, 11) is 0. The molecule has 0 heterocycles. The predicted molar refractivity (Wildman–Crippen MR) is 306 cm³/mol. The first-order valence-corrected chi connectivity index (χ1v) is 29.1. The Morgan fingerprint density at radius 1 is 0.329 bits per heavy atom. The lowest BCUT2D eigenvalue weighted by atomic mass is 10.1. The molecule has 0 aromatic carbocycles. The van der Waals surface area contributed by atoms with E-state index in [1.807, 2.05) is 0 Å². The monoisotopic (exact) mass is 969 g/mol. The van der Waals surface area contributed by atoms with Gasteiger partial charge < -0.3 is 14.2 Å². The van der Waals surface area contributed by atoms with Crippen molar-refractivity contribution in [1.82, 2.24) is 0 Å². The maximum Gasteiger partial charge on any atom is 0.306 e. The molecule has 0 aliphatic carbocycles. The van der Waals surface area contributed by atoms with E-state index in [2.05, 4.69) is 142 Å². The van der Waals surface area contributed by atoms with Crippen LogP contribution in [0.1, 0.15) is 252 Å². The molecule has 0 amide bonds. The van der Waals surface area contributed by atoms with Crippen LogP contribution in [0.3, 0.4) is 0 Å². The molecule has 0 radical (unpaired) electrons. The maximum absolute atomic E-state index is 12.9. The lowest BCUT2D eigenvalue weighted by molar-refractivity contribution is -0.163. The Hall–Kier alpha value is -3.70. The van der Waals surface area contributed by atoms with Gasteiger partial charge in [0.1, 0.15) is 6.61 Å². The zero-order valence-electron chi connectivity index (χ0n) is 45.7. The number of esters is 2. The Morgan fingerprint density at radius 3 is 1.04 bits per heavy atom. The first-order chi connectivity index (χ1) is 34.6. The Morgan fingerprint density at radius 2 is 0.643 bits per heavy atom. The highest BCUT2D eigenvalue weighted by Gasteiger charge is 2.17. The van der Waals surface area contributed by atoms with Crippen molar-refractivity contribution in [2.75, 3.05) is 19.8 Å². The molecule has 5 heteroatoms. The van der Waals surface area contributed by atoms with Gasteiger partial charge in [-0.1, -0.05) is 232 Å². The molecule has 0 aliphatic heterocycles. The van der Waals surface area contributed by atoms with Gasteiger partial charge in [-0.05, 0) is 128 Å². The topological polar surface area (TPSA) is 61.8 Å². The fourth-order valence-electron chi connectivity index (χ4n) is 7.70. The van der Waals surface area contributed by atoms with Crippen molar-refractivity contribution in [2.24, 2.45) is 0 Å². The number of rotatable bonds is 52. The molecule has 0 N–H and O–H groups in total. The van der Waals surface area contributed by atoms with Crippen LogP contribution in [-0.2, 0) is 23.8 Å². The van der Waals surface area contributed by atoms with Gasteiger partial charge in [0.25, 0.3) is 0 Å². The van der Waals surface area contributed by atoms with Crippen molar-refractivity contribution in [1.29, 1.82) is 0 Å². The number of carbonyl (C=O) groups is 2. The summed E-state index contributed by atoms with van der Waals surface area (Å²) in [4.78, 5) is 25.5. The summed E-state index contributed by atoms with van der Waals surface area (Å²) in [6.07, 6.45) is 83.6. The van der Waals surface area contributed by atoms with E-state index in [1.165, 1.54) is 96.3 Å². The quantitative estimate of drug-likeness (QED) is 0.0345. The molecule has 0 saturated carbocycles. The van der Waals surface area contributed by atoms with Gasteiger partial charge >= 0.3 is 11.9 Å². The molecule has 0 aromatic rings. The summed E-state index contributed by atoms with van der Waals surface area (Å²) in [5.74, 6) is -0.450. The van der Waals surface area contributed by atoms with Gasteiger partial charge in [0.05, 0.1) is 6.61 Å². The smallest absolute Gasteiger partial charge is 0.306 e. The first-order valence-electron chi connectivity index (χ1n) is 29.1. The van der Waals surface area contributed by atoms with Crippen LogP contribution in [0.15, 0.2) is 122 Å². The Balaban J connectivity index is 4.39. The number of hydrogen-bond acceptors (Lipinski definition) is 5. The van der Waals surface area contributed by atoms with Gasteiger partial charge in [0.2, 0.25) is 0 Å². The van der Waals surface area contributed by atoms with Gasteiger partial charge in [-0.25, -0.2) is 0 Å². The highest BCUT2D eigenvalue weighted by molar-refractivity contribution is 5.70. The highest BCUT2D eigenvalue weighted by atomic mass is 16.6. The van der Waals surface area contributed by atoms with E-state index in [0.29, 0.717) is 19.4 Å². The summed E-state index contributed by atoms with van der Waals surface area (Å²) < 4.78 is 17.5. The lowest BCUT2D eigenvalue weighted by Crippen LogP contribution is -2.30. The molecular formula is C65H108O5. The lowest BCUT2D eigenvalue weighted by Gasteiger charge is -2.18. The summed E-state index contributed by atoms with van der Waals surface area (Å²) in [5, 5.41) is 0. The second-order valence-electron chi connectivity index (χ2n) is 18.8. The Labute approximate surface area is 433 Å². The SMILES string of the molecule is CC/C=C\C/C=C\C/C=C\C/C=C\C/C=C\CCCCCC(=O)OCC(COCCCCCCCCCC/C=C\C/C=C\C/C=C\CC)OC(=O)CCCCCCCCC/C=C\C/C=C\CCCCC. The average molecular weight is 970 g/mol. The minimum Gasteiger partial charge on any atom is -0.462 e. The zero-order chi connectivity index (χ0) is 50.6. The normalized spacial score (nSPS) is 13.1. The number of ether oxygens (including phenoxy) is 3. The molecule has 0 rings (SSSR count). The minimum atomic E-state index is -0.568. The number of carbonyl (C=O) groups excluding carboxylic acids is 2. The first kappa shape index (κ1) is 66.3. The second kappa shape index (κ2) is 59.6. The molecule has 0 aliphatic rings. The minimum absolute atomic E-state index is 0.0549. The molecule has 398 valence electrons. The highest BCUT2D eigenvalue weighted by Crippen LogP contribution is 2.14. The van der Waals surface area contributed by atoms with E-state index in [-0.39, 0.29) is 25.2 Å². The molecule has 1 atom stereocenters. The standard InChI is InChI=1S/C65H108O5/c1-4-7-10-13-16-19-22-25-28-31-33-35-37-40-43-46-49-52-55-58-64(66)69-62-63(61-68-60-57-54-51-48-45-42-39-36-32-29-26-23-20-17-14-11-8-5-2)70-65(67)59-56-53-50-47-44-41-38-34-30-27-24-21-18-15-12-9-6-3/h7-8,10-11,16-21,25-30,33,35,40,43,63H,4-6,9,12-15,22-24,31-32,34,36-39,41-42,44-62H2,1-3H3/b10-7-,11-8-,19-16-,20-17-,21-18-,28-25-,29-26-,30-27-,35-33-,43-40-. The van der Waals surface area contributed by atoms with Crippen molar-refractivity contribution >= 4 is 11.9 Å². The van der Waals surface area contributed by atoms with E-state index in [4.69, 9.17) is 14.2 Å². The van der Waals surface area contributed by atoms with E-state index in [0.717, 1.165) is 122 Å². The zero-order valence-corrected chi connectivity index (χ0v) is 45.7. The Bertz CT molecular complexity index is 1420. The van der Waals surface area contributed by atoms with Crippen LogP contribution in [0.25, 0.3) is 0 Å². The third-order valence-electron chi connectivity index (χ3n) is 12.0. The summed E-state index contributed by atoms with van der Waals surface area (Å²) in [6, 6.07) is 0. The molecule has 0 spiro atoms. The van der Waals surface area contributed by atoms with Crippen LogP contribution in [0.4, 0.5) is 0 Å².